The van der Waals surface area contributed by atoms with Gasteiger partial charge in [0.2, 0.25) is 5.91 Å². The zero-order valence-electron chi connectivity index (χ0n) is 9.97. The number of carbonyl (C=O) groups excluding carboxylic acids is 1. The third-order valence-electron chi connectivity index (χ3n) is 4.01. The van der Waals surface area contributed by atoms with Crippen LogP contribution in [0.25, 0.3) is 0 Å². The summed E-state index contributed by atoms with van der Waals surface area (Å²) in [5, 5.41) is 8.65. The molecule has 1 aliphatic carbocycles. The van der Waals surface area contributed by atoms with E-state index in [2.05, 4.69) is 0 Å². The second-order valence-electron chi connectivity index (χ2n) is 5.24. The van der Waals surface area contributed by atoms with Crippen molar-refractivity contribution in [1.29, 1.82) is 0 Å². The molecule has 2 fully saturated rings. The van der Waals surface area contributed by atoms with Gasteiger partial charge in [-0.1, -0.05) is 6.42 Å². The van der Waals surface area contributed by atoms with E-state index >= 15 is 0 Å². The van der Waals surface area contributed by atoms with Gasteiger partial charge >= 0.3 is 5.97 Å². The van der Waals surface area contributed by atoms with E-state index in [0.717, 1.165) is 19.3 Å². The molecule has 1 heterocycles. The number of aliphatic carboxylic acids is 1. The van der Waals surface area contributed by atoms with Gasteiger partial charge in [-0.25, -0.2) is 0 Å². The summed E-state index contributed by atoms with van der Waals surface area (Å²) in [5.41, 5.74) is 5.67. The fourth-order valence-corrected chi connectivity index (χ4v) is 3.00. The van der Waals surface area contributed by atoms with Gasteiger partial charge in [0.15, 0.2) is 0 Å². The van der Waals surface area contributed by atoms with Gasteiger partial charge in [-0.15, -0.1) is 0 Å². The number of carbonyl (C=O) groups is 2. The third-order valence-corrected chi connectivity index (χ3v) is 4.01. The first-order valence-electron chi connectivity index (χ1n) is 6.32. The molecule has 0 radical (unpaired) electrons. The monoisotopic (exact) mass is 240 g/mol. The molecule has 0 spiro atoms. The van der Waals surface area contributed by atoms with Crippen LogP contribution >= 0.6 is 0 Å². The lowest BCUT2D eigenvalue weighted by Gasteiger charge is -2.40. The molecule has 17 heavy (non-hydrogen) atoms. The van der Waals surface area contributed by atoms with Crippen LogP contribution in [0.3, 0.4) is 0 Å². The second-order valence-corrected chi connectivity index (χ2v) is 5.24. The summed E-state index contributed by atoms with van der Waals surface area (Å²) in [4.78, 5) is 24.5. The van der Waals surface area contributed by atoms with Gasteiger partial charge in [0.25, 0.3) is 0 Å². The van der Waals surface area contributed by atoms with Gasteiger partial charge in [0.1, 0.15) is 0 Å². The van der Waals surface area contributed by atoms with Crippen molar-refractivity contribution in [2.75, 3.05) is 19.6 Å². The minimum atomic E-state index is -0.775. The van der Waals surface area contributed by atoms with Crippen molar-refractivity contribution in [2.24, 2.45) is 23.5 Å². The van der Waals surface area contributed by atoms with E-state index in [1.54, 1.807) is 4.90 Å². The Balaban J connectivity index is 1.80. The second kappa shape index (κ2) is 5.04. The van der Waals surface area contributed by atoms with Gasteiger partial charge in [-0.2, -0.15) is 0 Å². The number of hydrogen-bond acceptors (Lipinski definition) is 3. The number of rotatable bonds is 4. The Morgan fingerprint density at radius 3 is 2.59 bits per heavy atom. The maximum atomic E-state index is 12.2. The summed E-state index contributed by atoms with van der Waals surface area (Å²) in [6.45, 7) is 1.81. The third kappa shape index (κ3) is 2.60. The lowest BCUT2D eigenvalue weighted by Crippen LogP contribution is -2.53. The summed E-state index contributed by atoms with van der Waals surface area (Å²) in [5.74, 6) is -0.0108. The molecule has 2 atom stereocenters. The Kier molecular flexibility index (Phi) is 3.66. The number of nitrogens with zero attached hydrogens (tertiary/aromatic N) is 1. The molecule has 3 N–H and O–H groups in total. The van der Waals surface area contributed by atoms with Crippen molar-refractivity contribution < 1.29 is 14.7 Å². The minimum Gasteiger partial charge on any atom is -0.481 e. The Morgan fingerprint density at radius 1 is 1.29 bits per heavy atom. The van der Waals surface area contributed by atoms with Crippen molar-refractivity contribution in [2.45, 2.75) is 25.7 Å². The van der Waals surface area contributed by atoms with Crippen LogP contribution in [0.1, 0.15) is 25.7 Å². The molecule has 2 rings (SSSR count). The molecule has 1 amide bonds. The summed E-state index contributed by atoms with van der Waals surface area (Å²) in [7, 11) is 0. The van der Waals surface area contributed by atoms with Crippen LogP contribution in [0.5, 0.6) is 0 Å². The zero-order chi connectivity index (χ0) is 12.4. The molecular weight excluding hydrogens is 220 g/mol. The first-order valence-corrected chi connectivity index (χ1v) is 6.32. The van der Waals surface area contributed by atoms with Crippen LogP contribution in [-0.4, -0.2) is 41.5 Å². The number of carboxylic acid groups (broad SMARTS) is 1. The molecule has 5 heteroatoms. The summed E-state index contributed by atoms with van der Waals surface area (Å²) in [6, 6.07) is 0. The lowest BCUT2D eigenvalue weighted by molar-refractivity contribution is -0.148. The van der Waals surface area contributed by atoms with Crippen molar-refractivity contribution in [3.05, 3.63) is 0 Å². The van der Waals surface area contributed by atoms with Gasteiger partial charge in [0.05, 0.1) is 6.42 Å². The predicted octanol–water partition coefficient (Wildman–Crippen LogP) is 0.295. The highest BCUT2D eigenvalue weighted by atomic mass is 16.4. The van der Waals surface area contributed by atoms with Gasteiger partial charge in [0, 0.05) is 24.9 Å². The van der Waals surface area contributed by atoms with E-state index < -0.39 is 5.97 Å². The van der Waals surface area contributed by atoms with Crippen LogP contribution in [0.2, 0.25) is 0 Å². The first kappa shape index (κ1) is 12.4. The molecule has 2 aliphatic rings. The van der Waals surface area contributed by atoms with Crippen molar-refractivity contribution in [3.63, 3.8) is 0 Å². The highest BCUT2D eigenvalue weighted by Gasteiger charge is 2.39. The van der Waals surface area contributed by atoms with Crippen LogP contribution in [-0.2, 0) is 9.59 Å². The van der Waals surface area contributed by atoms with Crippen LogP contribution in [0.4, 0.5) is 0 Å². The van der Waals surface area contributed by atoms with Crippen LogP contribution < -0.4 is 5.73 Å². The summed E-state index contributed by atoms with van der Waals surface area (Å²) in [6.07, 6.45) is 3.26. The smallest absolute Gasteiger partial charge is 0.303 e. The van der Waals surface area contributed by atoms with Crippen LogP contribution in [0.15, 0.2) is 0 Å². The van der Waals surface area contributed by atoms with Crippen molar-refractivity contribution in [3.8, 4) is 0 Å². The Labute approximate surface area is 101 Å². The lowest BCUT2D eigenvalue weighted by atomic mass is 9.90. The van der Waals surface area contributed by atoms with Crippen LogP contribution in [0, 0.1) is 17.8 Å². The standard InChI is InChI=1S/C12H20N2O3/c13-5-9-2-1-3-10(9)12(17)14-6-8(7-14)4-11(15)16/h8-10H,1-7,13H2,(H,15,16). The molecule has 1 aliphatic heterocycles. The number of hydrogen-bond donors (Lipinski definition) is 2. The summed E-state index contributed by atoms with van der Waals surface area (Å²) < 4.78 is 0. The Morgan fingerprint density at radius 2 is 2.00 bits per heavy atom. The fraction of sp³-hybridized carbons (Fsp3) is 0.833. The molecule has 0 aromatic carbocycles. The maximum absolute atomic E-state index is 12.2. The SMILES string of the molecule is NCC1CCCC1C(=O)N1CC(CC(=O)O)C1. The number of likely N-dealkylation sites (tertiary alicyclic amines) is 1. The van der Waals surface area contributed by atoms with Gasteiger partial charge in [-0.05, 0) is 25.3 Å². The highest BCUT2D eigenvalue weighted by Crippen LogP contribution is 2.34. The molecule has 5 nitrogen and oxygen atoms in total. The average Bonchev–Trinajstić information content (AvgIpc) is 2.69. The van der Waals surface area contributed by atoms with Gasteiger partial charge in [-0.3, -0.25) is 9.59 Å². The summed E-state index contributed by atoms with van der Waals surface area (Å²) >= 11 is 0. The van der Waals surface area contributed by atoms with E-state index in [0.29, 0.717) is 25.6 Å². The van der Waals surface area contributed by atoms with Crippen molar-refractivity contribution >= 4 is 11.9 Å². The average molecular weight is 240 g/mol. The number of nitrogens with two attached hydrogens (primary N) is 1. The fourth-order valence-electron chi connectivity index (χ4n) is 3.00. The topological polar surface area (TPSA) is 83.6 Å². The Bertz CT molecular complexity index is 313. The first-order chi connectivity index (χ1) is 8.11. The van der Waals surface area contributed by atoms with E-state index in [4.69, 9.17) is 10.8 Å². The van der Waals surface area contributed by atoms with E-state index in [-0.39, 0.29) is 24.2 Å². The molecule has 1 saturated carbocycles. The number of amides is 1. The molecular formula is C12H20N2O3. The zero-order valence-corrected chi connectivity index (χ0v) is 9.97. The van der Waals surface area contributed by atoms with Crippen molar-refractivity contribution in [1.82, 2.24) is 4.90 Å². The molecule has 0 bridgehead atoms. The van der Waals surface area contributed by atoms with E-state index in [1.807, 2.05) is 0 Å². The maximum Gasteiger partial charge on any atom is 0.303 e. The predicted molar refractivity (Wildman–Crippen MR) is 62.2 cm³/mol. The Hall–Kier alpha value is -1.10. The number of carboxylic acids is 1. The molecule has 2 unspecified atom stereocenters. The highest BCUT2D eigenvalue weighted by molar-refractivity contribution is 5.80. The quantitative estimate of drug-likeness (QED) is 0.740. The van der Waals surface area contributed by atoms with E-state index in [9.17, 15) is 9.59 Å². The molecule has 0 aromatic rings. The van der Waals surface area contributed by atoms with Gasteiger partial charge < -0.3 is 15.7 Å². The molecule has 1 saturated heterocycles. The molecule has 0 aromatic heterocycles. The minimum absolute atomic E-state index is 0.0887. The molecule has 96 valence electrons. The normalized spacial score (nSPS) is 29.1. The largest absolute Gasteiger partial charge is 0.481 e. The van der Waals surface area contributed by atoms with E-state index in [1.165, 1.54) is 0 Å².